The molecule has 260 valence electrons. The van der Waals surface area contributed by atoms with E-state index in [1.807, 2.05) is 0 Å². The van der Waals surface area contributed by atoms with Crippen LogP contribution in [0.2, 0.25) is 0 Å². The standard InChI is InChI=1S/C36H32F3N3O7S/c1-36(17-43,18-44)16-42(50(4)46)27-15-29-24(31(34(45)40-2)33(48-29)19-5-8-21(37)9-6-19)14-23(27)20-7-10-28(47-3)25(11-20)35-41-32-26(39)12-22(38)13-30(32)49-35/h5-15,43-44H,16-18H2,1-4H3,(H,40,45). The first kappa shape index (κ1) is 34.7. The molecule has 0 aliphatic heterocycles. The van der Waals surface area contributed by atoms with Crippen LogP contribution in [0.1, 0.15) is 17.3 Å². The number of ether oxygens (including phenoxy) is 1. The van der Waals surface area contributed by atoms with E-state index in [-0.39, 0.29) is 46.0 Å². The molecule has 0 aliphatic carbocycles. The smallest absolute Gasteiger partial charge is 0.255 e. The van der Waals surface area contributed by atoms with Gasteiger partial charge in [0.1, 0.15) is 45.2 Å². The number of aliphatic hydroxyl groups excluding tert-OH is 2. The van der Waals surface area contributed by atoms with E-state index in [1.165, 1.54) is 49.0 Å². The van der Waals surface area contributed by atoms with Crippen LogP contribution in [0.4, 0.5) is 18.9 Å². The van der Waals surface area contributed by atoms with E-state index in [0.29, 0.717) is 39.6 Å². The normalized spacial score (nSPS) is 12.4. The van der Waals surface area contributed by atoms with Crippen LogP contribution in [0, 0.1) is 22.9 Å². The lowest BCUT2D eigenvalue weighted by molar-refractivity contribution is 0.0783. The van der Waals surface area contributed by atoms with Crippen molar-refractivity contribution in [2.45, 2.75) is 6.92 Å². The molecule has 6 aromatic rings. The van der Waals surface area contributed by atoms with Crippen molar-refractivity contribution in [1.82, 2.24) is 10.3 Å². The number of amides is 1. The molecule has 3 N–H and O–H groups in total. The highest BCUT2D eigenvalue weighted by molar-refractivity contribution is 7.85. The number of rotatable bonds is 11. The van der Waals surface area contributed by atoms with E-state index in [1.54, 1.807) is 37.3 Å². The van der Waals surface area contributed by atoms with E-state index in [4.69, 9.17) is 13.6 Å². The Labute approximate surface area is 286 Å². The van der Waals surface area contributed by atoms with Gasteiger partial charge in [-0.3, -0.25) is 9.10 Å². The Hall–Kier alpha value is -5.18. The Bertz CT molecular complexity index is 2270. The lowest BCUT2D eigenvalue weighted by atomic mass is 9.92. The van der Waals surface area contributed by atoms with Gasteiger partial charge >= 0.3 is 0 Å². The molecule has 0 saturated heterocycles. The second kappa shape index (κ2) is 13.6. The summed E-state index contributed by atoms with van der Waals surface area (Å²) in [5, 5.41) is 23.3. The SMILES string of the molecule is CNC(=O)c1c(-c2ccc(F)cc2)oc2cc(N(CC(C)(CO)CO)S(C)=O)c(-c3ccc(OC)c(-c4nc5c(F)cc(F)cc5o4)c3)cc12. The van der Waals surface area contributed by atoms with Crippen molar-refractivity contribution >= 4 is 44.6 Å². The molecular formula is C36H32F3N3O7S. The molecule has 0 fully saturated rings. The summed E-state index contributed by atoms with van der Waals surface area (Å²) in [6, 6.07) is 15.4. The third-order valence-electron chi connectivity index (χ3n) is 8.39. The van der Waals surface area contributed by atoms with E-state index >= 15 is 0 Å². The Morgan fingerprint density at radius 3 is 2.28 bits per heavy atom. The van der Waals surface area contributed by atoms with Gasteiger partial charge in [-0.1, -0.05) is 13.0 Å². The molecule has 1 amide bonds. The molecule has 6 rings (SSSR count). The molecule has 0 saturated carbocycles. The molecule has 10 nitrogen and oxygen atoms in total. The van der Waals surface area contributed by atoms with Crippen LogP contribution in [-0.4, -0.2) is 65.5 Å². The summed E-state index contributed by atoms with van der Waals surface area (Å²) in [6.07, 6.45) is 1.44. The van der Waals surface area contributed by atoms with Gasteiger partial charge in [0.25, 0.3) is 5.91 Å². The van der Waals surface area contributed by atoms with Crippen molar-refractivity contribution in [3.05, 3.63) is 89.7 Å². The molecule has 2 aromatic heterocycles. The Morgan fingerprint density at radius 2 is 1.64 bits per heavy atom. The molecular weight excluding hydrogens is 675 g/mol. The predicted molar refractivity (Wildman–Crippen MR) is 184 cm³/mol. The minimum Gasteiger partial charge on any atom is -0.496 e. The van der Waals surface area contributed by atoms with Gasteiger partial charge in [-0.05, 0) is 48.0 Å². The van der Waals surface area contributed by atoms with Gasteiger partial charge < -0.3 is 29.1 Å². The average molecular weight is 708 g/mol. The summed E-state index contributed by atoms with van der Waals surface area (Å²) < 4.78 is 75.0. The number of anilines is 1. The first-order valence-electron chi connectivity index (χ1n) is 15.3. The van der Waals surface area contributed by atoms with Gasteiger partial charge in [0.15, 0.2) is 11.4 Å². The fourth-order valence-electron chi connectivity index (χ4n) is 5.65. The highest BCUT2D eigenvalue weighted by Crippen LogP contribution is 2.44. The van der Waals surface area contributed by atoms with Crippen molar-refractivity contribution in [3.63, 3.8) is 0 Å². The highest BCUT2D eigenvalue weighted by Gasteiger charge is 2.31. The predicted octanol–water partition coefficient (Wildman–Crippen LogP) is 6.45. The van der Waals surface area contributed by atoms with Gasteiger partial charge in [0.2, 0.25) is 5.89 Å². The fraction of sp³-hybridized carbons (Fsp3) is 0.222. The number of nitrogens with one attached hydrogen (secondary N) is 1. The Morgan fingerprint density at radius 1 is 0.940 bits per heavy atom. The van der Waals surface area contributed by atoms with Gasteiger partial charge in [-0.25, -0.2) is 22.4 Å². The fourth-order valence-corrected chi connectivity index (χ4v) is 6.57. The van der Waals surface area contributed by atoms with Gasteiger partial charge in [-0.2, -0.15) is 0 Å². The van der Waals surface area contributed by atoms with E-state index < -0.39 is 53.0 Å². The third-order valence-corrected chi connectivity index (χ3v) is 9.34. The summed E-state index contributed by atoms with van der Waals surface area (Å²) in [5.74, 6) is -2.32. The molecule has 0 spiro atoms. The van der Waals surface area contributed by atoms with Gasteiger partial charge in [0, 0.05) is 60.0 Å². The number of carbonyl (C=O) groups is 1. The van der Waals surface area contributed by atoms with Crippen LogP contribution in [0.3, 0.4) is 0 Å². The molecule has 1 unspecified atom stereocenters. The van der Waals surface area contributed by atoms with E-state index in [0.717, 1.165) is 6.07 Å². The number of halogens is 3. The number of furan rings is 1. The molecule has 0 radical (unpaired) electrons. The van der Waals surface area contributed by atoms with Gasteiger partial charge in [0.05, 0.1) is 37.1 Å². The zero-order valence-corrected chi connectivity index (χ0v) is 28.2. The van der Waals surface area contributed by atoms with Crippen LogP contribution in [0.25, 0.3) is 56.0 Å². The number of oxazole rings is 1. The van der Waals surface area contributed by atoms with Crippen LogP contribution >= 0.6 is 0 Å². The molecule has 4 aromatic carbocycles. The van der Waals surface area contributed by atoms with Crippen LogP contribution in [0.15, 0.2) is 75.6 Å². The topological polar surface area (TPSA) is 138 Å². The molecule has 50 heavy (non-hydrogen) atoms. The van der Waals surface area contributed by atoms with E-state index in [2.05, 4.69) is 10.3 Å². The van der Waals surface area contributed by atoms with Crippen molar-refractivity contribution in [2.24, 2.45) is 5.41 Å². The largest absolute Gasteiger partial charge is 0.496 e. The number of carbonyl (C=O) groups excluding carboxylic acids is 1. The molecule has 0 aliphatic rings. The van der Waals surface area contributed by atoms with Crippen molar-refractivity contribution in [2.75, 3.05) is 44.5 Å². The Kier molecular flexibility index (Phi) is 9.44. The molecule has 1 atom stereocenters. The van der Waals surface area contributed by atoms with Crippen LogP contribution < -0.4 is 14.4 Å². The number of benzene rings is 4. The number of hydrogen-bond acceptors (Lipinski definition) is 8. The third kappa shape index (κ3) is 6.32. The summed E-state index contributed by atoms with van der Waals surface area (Å²) in [5.41, 5.74) is 0.962. The lowest BCUT2D eigenvalue weighted by Gasteiger charge is -2.33. The quantitative estimate of drug-likeness (QED) is 0.140. The maximum absolute atomic E-state index is 14.6. The summed E-state index contributed by atoms with van der Waals surface area (Å²) in [4.78, 5) is 17.7. The molecule has 2 heterocycles. The second-order valence-corrected chi connectivity index (χ2v) is 13.3. The van der Waals surface area contributed by atoms with E-state index in [9.17, 15) is 32.4 Å². The summed E-state index contributed by atoms with van der Waals surface area (Å²) >= 11 is 0. The van der Waals surface area contributed by atoms with Crippen LogP contribution in [-0.2, 0) is 11.0 Å². The lowest BCUT2D eigenvalue weighted by Crippen LogP contribution is -2.41. The molecule has 14 heteroatoms. The van der Waals surface area contributed by atoms with Crippen molar-refractivity contribution in [1.29, 1.82) is 0 Å². The van der Waals surface area contributed by atoms with Gasteiger partial charge in [-0.15, -0.1) is 0 Å². The van der Waals surface area contributed by atoms with Crippen LogP contribution in [0.5, 0.6) is 5.75 Å². The first-order valence-corrected chi connectivity index (χ1v) is 16.8. The number of methoxy groups -OCH3 is 1. The second-order valence-electron chi connectivity index (χ2n) is 12.0. The summed E-state index contributed by atoms with van der Waals surface area (Å²) in [7, 11) is 1.16. The number of fused-ring (bicyclic) bond motifs is 2. The number of aromatic nitrogens is 1. The molecule has 0 bridgehead atoms. The maximum Gasteiger partial charge on any atom is 0.255 e. The first-order chi connectivity index (χ1) is 23.9. The summed E-state index contributed by atoms with van der Waals surface area (Å²) in [6.45, 7) is 0.725. The minimum absolute atomic E-state index is 0.0611. The zero-order chi connectivity index (χ0) is 35.9. The Balaban J connectivity index is 1.65. The minimum atomic E-state index is -1.73. The number of nitrogens with zero attached hydrogens (tertiary/aromatic N) is 2. The number of hydrogen-bond donors (Lipinski definition) is 3. The zero-order valence-electron chi connectivity index (χ0n) is 27.3. The monoisotopic (exact) mass is 707 g/mol. The maximum atomic E-state index is 14.6. The van der Waals surface area contributed by atoms with Crippen molar-refractivity contribution < 1.29 is 46.0 Å². The highest BCUT2D eigenvalue weighted by atomic mass is 32.2. The van der Waals surface area contributed by atoms with Crippen molar-refractivity contribution in [3.8, 4) is 39.7 Å². The average Bonchev–Trinajstić information content (AvgIpc) is 3.71. The number of aliphatic hydroxyl groups is 2.